The summed E-state index contributed by atoms with van der Waals surface area (Å²) in [6.45, 7) is 4.34. The summed E-state index contributed by atoms with van der Waals surface area (Å²) in [6.07, 6.45) is 3.64. The van der Waals surface area contributed by atoms with Gasteiger partial charge in [0.05, 0.1) is 12.6 Å². The maximum atomic E-state index is 11.4. The molecule has 0 spiro atoms. The molecule has 26 heavy (non-hydrogen) atoms. The molecule has 1 atom stereocenters. The van der Waals surface area contributed by atoms with Crippen molar-refractivity contribution in [2.75, 3.05) is 39.1 Å². The van der Waals surface area contributed by atoms with Crippen LogP contribution in [0.1, 0.15) is 19.8 Å². The first kappa shape index (κ1) is 18.2. The van der Waals surface area contributed by atoms with Crippen molar-refractivity contribution in [3.8, 4) is 11.5 Å². The highest BCUT2D eigenvalue weighted by molar-refractivity contribution is 5.82. The Morgan fingerprint density at radius 2 is 2.08 bits per heavy atom. The Kier molecular flexibility index (Phi) is 5.72. The van der Waals surface area contributed by atoms with Crippen LogP contribution in [0.4, 0.5) is 5.95 Å². The quantitative estimate of drug-likeness (QED) is 0.744. The Labute approximate surface area is 152 Å². The molecule has 1 aromatic heterocycles. The summed E-state index contributed by atoms with van der Waals surface area (Å²) in [5.74, 6) is 0.967. The predicted molar refractivity (Wildman–Crippen MR) is 97.2 cm³/mol. The number of benzene rings is 1. The van der Waals surface area contributed by atoms with E-state index in [9.17, 15) is 4.79 Å². The second kappa shape index (κ2) is 8.18. The number of anilines is 1. The molecule has 0 saturated carbocycles. The topological polar surface area (TPSA) is 99.8 Å². The van der Waals surface area contributed by atoms with Crippen molar-refractivity contribution in [2.45, 2.75) is 25.9 Å². The van der Waals surface area contributed by atoms with Crippen molar-refractivity contribution in [2.24, 2.45) is 0 Å². The van der Waals surface area contributed by atoms with E-state index in [4.69, 9.17) is 19.9 Å². The van der Waals surface area contributed by atoms with Gasteiger partial charge in [-0.25, -0.2) is 9.97 Å². The number of fused-ring (bicyclic) bond motifs is 1. The first-order valence-electron chi connectivity index (χ1n) is 8.68. The SMILES string of the molecule is COc1cc2cnc(N)nc2cc1OCC(CN1CCCC1)OC(C)=O. The van der Waals surface area contributed by atoms with Crippen molar-refractivity contribution >= 4 is 22.8 Å². The minimum Gasteiger partial charge on any atom is -0.493 e. The molecular formula is C18H24N4O4. The normalized spacial score (nSPS) is 15.8. The lowest BCUT2D eigenvalue weighted by atomic mass is 10.2. The number of likely N-dealkylation sites (tertiary alicyclic amines) is 1. The molecule has 1 saturated heterocycles. The van der Waals surface area contributed by atoms with E-state index >= 15 is 0 Å². The molecule has 1 unspecified atom stereocenters. The van der Waals surface area contributed by atoms with Crippen LogP contribution in [0.15, 0.2) is 18.3 Å². The molecular weight excluding hydrogens is 336 g/mol. The van der Waals surface area contributed by atoms with Gasteiger partial charge in [-0.05, 0) is 32.0 Å². The summed E-state index contributed by atoms with van der Waals surface area (Å²) in [4.78, 5) is 21.9. The average Bonchev–Trinajstić information content (AvgIpc) is 3.11. The van der Waals surface area contributed by atoms with E-state index in [1.165, 1.54) is 19.8 Å². The first-order chi connectivity index (χ1) is 12.5. The van der Waals surface area contributed by atoms with Crippen molar-refractivity contribution in [1.29, 1.82) is 0 Å². The van der Waals surface area contributed by atoms with Crippen LogP contribution >= 0.6 is 0 Å². The predicted octanol–water partition coefficient (Wildman–Crippen LogP) is 1.63. The van der Waals surface area contributed by atoms with E-state index in [1.807, 2.05) is 0 Å². The van der Waals surface area contributed by atoms with Crippen LogP contribution in [0.5, 0.6) is 11.5 Å². The number of methoxy groups -OCH3 is 1. The maximum absolute atomic E-state index is 11.4. The molecule has 8 heteroatoms. The zero-order valence-electron chi connectivity index (χ0n) is 15.1. The number of aromatic nitrogens is 2. The van der Waals surface area contributed by atoms with Crippen molar-refractivity contribution in [1.82, 2.24) is 14.9 Å². The lowest BCUT2D eigenvalue weighted by Gasteiger charge is -2.23. The summed E-state index contributed by atoms with van der Waals surface area (Å²) >= 11 is 0. The molecule has 1 aliphatic rings. The number of nitrogens with two attached hydrogens (primary N) is 1. The molecule has 0 amide bonds. The van der Waals surface area contributed by atoms with Gasteiger partial charge in [-0.15, -0.1) is 0 Å². The highest BCUT2D eigenvalue weighted by atomic mass is 16.6. The smallest absolute Gasteiger partial charge is 0.303 e. The Morgan fingerprint density at radius 3 is 2.77 bits per heavy atom. The third kappa shape index (κ3) is 4.51. The van der Waals surface area contributed by atoms with E-state index in [0.717, 1.165) is 18.5 Å². The number of carbonyl (C=O) groups is 1. The average molecular weight is 360 g/mol. The van der Waals surface area contributed by atoms with Gasteiger partial charge in [0.15, 0.2) is 11.5 Å². The van der Waals surface area contributed by atoms with Crippen LogP contribution in [0.2, 0.25) is 0 Å². The van der Waals surface area contributed by atoms with Crippen LogP contribution in [-0.4, -0.2) is 60.3 Å². The highest BCUT2D eigenvalue weighted by Gasteiger charge is 2.21. The van der Waals surface area contributed by atoms with E-state index < -0.39 is 0 Å². The molecule has 1 aromatic carbocycles. The van der Waals surface area contributed by atoms with Crippen LogP contribution in [0, 0.1) is 0 Å². The molecule has 2 heterocycles. The molecule has 2 N–H and O–H groups in total. The number of hydrogen-bond donors (Lipinski definition) is 1. The van der Waals surface area contributed by atoms with E-state index in [2.05, 4.69) is 14.9 Å². The van der Waals surface area contributed by atoms with Crippen LogP contribution < -0.4 is 15.2 Å². The fraction of sp³-hybridized carbons (Fsp3) is 0.500. The highest BCUT2D eigenvalue weighted by Crippen LogP contribution is 2.31. The van der Waals surface area contributed by atoms with Crippen LogP contribution in [0.25, 0.3) is 10.9 Å². The molecule has 0 radical (unpaired) electrons. The van der Waals surface area contributed by atoms with Gasteiger partial charge >= 0.3 is 5.97 Å². The Morgan fingerprint density at radius 1 is 1.31 bits per heavy atom. The van der Waals surface area contributed by atoms with Crippen molar-refractivity contribution in [3.05, 3.63) is 18.3 Å². The fourth-order valence-corrected chi connectivity index (χ4v) is 3.12. The summed E-state index contributed by atoms with van der Waals surface area (Å²) in [5, 5.41) is 0.803. The van der Waals surface area contributed by atoms with E-state index in [-0.39, 0.29) is 24.6 Å². The van der Waals surface area contributed by atoms with Gasteiger partial charge in [0.1, 0.15) is 12.7 Å². The molecule has 1 fully saturated rings. The third-order valence-corrected chi connectivity index (χ3v) is 4.30. The molecule has 0 aliphatic carbocycles. The molecule has 8 nitrogen and oxygen atoms in total. The van der Waals surface area contributed by atoms with Crippen LogP contribution in [0.3, 0.4) is 0 Å². The van der Waals surface area contributed by atoms with Gasteiger partial charge in [0.25, 0.3) is 0 Å². The molecule has 1 aliphatic heterocycles. The number of nitrogen functional groups attached to an aromatic ring is 1. The second-order valence-electron chi connectivity index (χ2n) is 6.34. The number of rotatable bonds is 7. The van der Waals surface area contributed by atoms with Gasteiger partial charge in [0, 0.05) is 31.1 Å². The van der Waals surface area contributed by atoms with Gasteiger partial charge in [0.2, 0.25) is 5.95 Å². The lowest BCUT2D eigenvalue weighted by Crippen LogP contribution is -2.36. The number of carbonyl (C=O) groups excluding carboxylic acids is 1. The second-order valence-corrected chi connectivity index (χ2v) is 6.34. The Bertz CT molecular complexity index is 777. The van der Waals surface area contributed by atoms with Crippen LogP contribution in [-0.2, 0) is 9.53 Å². The summed E-state index contributed by atoms with van der Waals surface area (Å²) in [7, 11) is 1.57. The number of ether oxygens (including phenoxy) is 3. The molecule has 0 bridgehead atoms. The number of nitrogens with zero attached hydrogens (tertiary/aromatic N) is 3. The van der Waals surface area contributed by atoms with E-state index in [0.29, 0.717) is 23.6 Å². The molecule has 140 valence electrons. The molecule has 3 rings (SSSR count). The fourth-order valence-electron chi connectivity index (χ4n) is 3.12. The Balaban J connectivity index is 1.75. The zero-order valence-corrected chi connectivity index (χ0v) is 15.1. The van der Waals surface area contributed by atoms with E-state index in [1.54, 1.807) is 25.4 Å². The molecule has 2 aromatic rings. The summed E-state index contributed by atoms with van der Waals surface area (Å²) in [6, 6.07) is 3.55. The summed E-state index contributed by atoms with van der Waals surface area (Å²) in [5.41, 5.74) is 6.32. The van der Waals surface area contributed by atoms with Crippen molar-refractivity contribution in [3.63, 3.8) is 0 Å². The lowest BCUT2D eigenvalue weighted by molar-refractivity contribution is -0.148. The summed E-state index contributed by atoms with van der Waals surface area (Å²) < 4.78 is 16.7. The minimum absolute atomic E-state index is 0.195. The third-order valence-electron chi connectivity index (χ3n) is 4.30. The zero-order chi connectivity index (χ0) is 18.5. The first-order valence-corrected chi connectivity index (χ1v) is 8.68. The van der Waals surface area contributed by atoms with Gasteiger partial charge in [-0.1, -0.05) is 0 Å². The van der Waals surface area contributed by atoms with Crippen molar-refractivity contribution < 1.29 is 19.0 Å². The van der Waals surface area contributed by atoms with Gasteiger partial charge in [-0.2, -0.15) is 0 Å². The maximum Gasteiger partial charge on any atom is 0.303 e. The van der Waals surface area contributed by atoms with Gasteiger partial charge in [-0.3, -0.25) is 9.69 Å². The number of esters is 1. The van der Waals surface area contributed by atoms with Gasteiger partial charge < -0.3 is 19.9 Å². The minimum atomic E-state index is -0.346. The largest absolute Gasteiger partial charge is 0.493 e. The number of hydrogen-bond acceptors (Lipinski definition) is 8. The standard InChI is InChI=1S/C18H24N4O4/c1-12(23)26-14(10-22-5-3-4-6-22)11-25-17-8-15-13(7-16(17)24-2)9-20-18(19)21-15/h7-9,14H,3-6,10-11H2,1-2H3,(H2,19,20,21). The monoisotopic (exact) mass is 360 g/mol. The Hall–Kier alpha value is -2.61.